The highest BCUT2D eigenvalue weighted by atomic mass is 16.6. The first-order chi connectivity index (χ1) is 20.7. The lowest BCUT2D eigenvalue weighted by molar-refractivity contribution is -0.105. The summed E-state index contributed by atoms with van der Waals surface area (Å²) in [6, 6.07) is 7.24. The summed E-state index contributed by atoms with van der Waals surface area (Å²) in [6.07, 6.45) is -0.666. The second-order valence-corrected chi connectivity index (χ2v) is 11.9. The van der Waals surface area contributed by atoms with Crippen LogP contribution in [-0.4, -0.2) is 114 Å². The summed E-state index contributed by atoms with van der Waals surface area (Å²) < 4.78 is 45.0. The molecule has 0 aromatic heterocycles. The lowest BCUT2D eigenvalue weighted by Crippen LogP contribution is -2.34. The zero-order chi connectivity index (χ0) is 33.8. The van der Waals surface area contributed by atoms with Gasteiger partial charge in [0, 0.05) is 14.2 Å². The Labute approximate surface area is 267 Å². The number of benzene rings is 1. The standard InChI is InChI=1S/C32H58O10.C2H6/c1-23(15-35-9)37-17-25(3)39-19-27(5)41-21-31(7,33)29-12-11-13-30(14-29)32(8,34)22-42-28(6)20-40-26(4)18-38-24(2)16-36-10;1-2/h11-14,23-28,33-34H,15-22H2,1-10H3;1-2H3. The Bertz CT molecular complexity index is 771. The average Bonchev–Trinajstić information content (AvgIpc) is 3.00. The molecule has 0 aliphatic carbocycles. The average molecular weight is 633 g/mol. The minimum atomic E-state index is -1.27. The molecule has 0 amide bonds. The van der Waals surface area contributed by atoms with E-state index in [1.807, 2.05) is 73.6 Å². The summed E-state index contributed by atoms with van der Waals surface area (Å²) in [7, 11) is 3.29. The molecule has 1 rings (SSSR count). The molecule has 1 aromatic carbocycles. The summed E-state index contributed by atoms with van der Waals surface area (Å²) in [5.74, 6) is 0. The Morgan fingerprint density at radius 2 is 0.795 bits per heavy atom. The number of hydrogen-bond donors (Lipinski definition) is 2. The fourth-order valence-corrected chi connectivity index (χ4v) is 3.92. The minimum absolute atomic E-state index is 0.000217. The van der Waals surface area contributed by atoms with E-state index in [4.69, 9.17) is 37.9 Å². The van der Waals surface area contributed by atoms with E-state index in [0.29, 0.717) is 50.8 Å². The Hall–Kier alpha value is -1.18. The summed E-state index contributed by atoms with van der Waals surface area (Å²) >= 11 is 0. The Morgan fingerprint density at radius 3 is 1.09 bits per heavy atom. The highest BCUT2D eigenvalue weighted by Gasteiger charge is 2.29. The molecule has 0 bridgehead atoms. The van der Waals surface area contributed by atoms with E-state index in [1.54, 1.807) is 34.1 Å². The number of rotatable bonds is 24. The Balaban J connectivity index is 0.00000904. The van der Waals surface area contributed by atoms with Gasteiger partial charge in [0.05, 0.1) is 89.5 Å². The van der Waals surface area contributed by atoms with Crippen LogP contribution in [0.1, 0.15) is 80.4 Å². The molecule has 0 aliphatic rings. The normalized spacial score (nSPS) is 18.6. The molecule has 0 radical (unpaired) electrons. The predicted octanol–water partition coefficient (Wildman–Crippen LogP) is 4.85. The van der Waals surface area contributed by atoms with Gasteiger partial charge in [-0.25, -0.2) is 0 Å². The Morgan fingerprint density at radius 1 is 0.523 bits per heavy atom. The molecule has 8 atom stereocenters. The highest BCUT2D eigenvalue weighted by molar-refractivity contribution is 5.31. The van der Waals surface area contributed by atoms with E-state index in [2.05, 4.69) is 0 Å². The van der Waals surface area contributed by atoms with E-state index >= 15 is 0 Å². The molecule has 0 fully saturated rings. The van der Waals surface area contributed by atoms with Crippen LogP contribution in [0.2, 0.25) is 0 Å². The molecule has 0 spiro atoms. The zero-order valence-electron chi connectivity index (χ0n) is 29.6. The minimum Gasteiger partial charge on any atom is -0.383 e. The quantitative estimate of drug-likeness (QED) is 0.164. The van der Waals surface area contributed by atoms with Crippen molar-refractivity contribution in [3.63, 3.8) is 0 Å². The van der Waals surface area contributed by atoms with Crippen molar-refractivity contribution in [2.24, 2.45) is 0 Å². The SMILES string of the molecule is CC.COCC(C)OCC(C)OCC(C)OCC(C)(O)c1cccc(C(C)(O)COC(C)COC(C)COC(C)COC)c1. The van der Waals surface area contributed by atoms with Crippen LogP contribution in [0.15, 0.2) is 24.3 Å². The van der Waals surface area contributed by atoms with Crippen molar-refractivity contribution in [3.8, 4) is 0 Å². The number of methoxy groups -OCH3 is 2. The number of ether oxygens (including phenoxy) is 8. The van der Waals surface area contributed by atoms with Crippen LogP contribution in [0.5, 0.6) is 0 Å². The van der Waals surface area contributed by atoms with Crippen LogP contribution in [0.3, 0.4) is 0 Å². The largest absolute Gasteiger partial charge is 0.383 e. The third-order valence-corrected chi connectivity index (χ3v) is 6.67. The highest BCUT2D eigenvalue weighted by Crippen LogP contribution is 2.28. The molecule has 0 saturated heterocycles. The lowest BCUT2D eigenvalue weighted by Gasteiger charge is -2.30. The molecular formula is C34H64O10. The maximum atomic E-state index is 11.2. The van der Waals surface area contributed by atoms with Gasteiger partial charge in [0.25, 0.3) is 0 Å². The van der Waals surface area contributed by atoms with E-state index in [-0.39, 0.29) is 49.8 Å². The van der Waals surface area contributed by atoms with Gasteiger partial charge in [-0.1, -0.05) is 32.0 Å². The molecule has 260 valence electrons. The van der Waals surface area contributed by atoms with Gasteiger partial charge in [-0.2, -0.15) is 0 Å². The van der Waals surface area contributed by atoms with Crippen molar-refractivity contribution >= 4 is 0 Å². The van der Waals surface area contributed by atoms with Gasteiger partial charge in [-0.15, -0.1) is 0 Å². The van der Waals surface area contributed by atoms with Gasteiger partial charge in [0.15, 0.2) is 0 Å². The van der Waals surface area contributed by atoms with Crippen molar-refractivity contribution in [3.05, 3.63) is 35.4 Å². The van der Waals surface area contributed by atoms with Gasteiger partial charge in [0.1, 0.15) is 11.2 Å². The van der Waals surface area contributed by atoms with Crippen molar-refractivity contribution in [1.82, 2.24) is 0 Å². The second-order valence-electron chi connectivity index (χ2n) is 11.9. The predicted molar refractivity (Wildman–Crippen MR) is 173 cm³/mol. The Kier molecular flexibility index (Phi) is 22.6. The lowest BCUT2D eigenvalue weighted by atomic mass is 9.90. The fraction of sp³-hybridized carbons (Fsp3) is 0.824. The molecule has 1 aromatic rings. The molecule has 2 N–H and O–H groups in total. The summed E-state index contributed by atoms with van der Waals surface area (Å²) in [6.45, 7) is 21.8. The first-order valence-electron chi connectivity index (χ1n) is 15.9. The smallest absolute Gasteiger partial charge is 0.110 e. The fourth-order valence-electron chi connectivity index (χ4n) is 3.92. The number of hydrogen-bond acceptors (Lipinski definition) is 10. The molecule has 8 unspecified atom stereocenters. The van der Waals surface area contributed by atoms with Crippen molar-refractivity contribution in [2.75, 3.05) is 67.1 Å². The molecule has 10 heteroatoms. The van der Waals surface area contributed by atoms with Gasteiger partial charge < -0.3 is 48.1 Å². The van der Waals surface area contributed by atoms with Crippen molar-refractivity contribution < 1.29 is 48.1 Å². The summed E-state index contributed by atoms with van der Waals surface area (Å²) in [4.78, 5) is 0. The van der Waals surface area contributed by atoms with Crippen molar-refractivity contribution in [2.45, 2.75) is 117 Å². The summed E-state index contributed by atoms with van der Waals surface area (Å²) in [5, 5.41) is 22.4. The number of aliphatic hydroxyl groups is 2. The molecule has 10 nitrogen and oxygen atoms in total. The van der Waals surface area contributed by atoms with Crippen LogP contribution in [0.25, 0.3) is 0 Å². The second kappa shape index (κ2) is 23.2. The van der Waals surface area contributed by atoms with Crippen LogP contribution >= 0.6 is 0 Å². The third kappa shape index (κ3) is 18.7. The molecule has 0 heterocycles. The zero-order valence-corrected chi connectivity index (χ0v) is 29.6. The van der Waals surface area contributed by atoms with Gasteiger partial charge in [-0.3, -0.25) is 0 Å². The molecule has 0 saturated carbocycles. The van der Waals surface area contributed by atoms with Crippen LogP contribution in [0.4, 0.5) is 0 Å². The van der Waals surface area contributed by atoms with Gasteiger partial charge >= 0.3 is 0 Å². The molecule has 44 heavy (non-hydrogen) atoms. The maximum Gasteiger partial charge on any atom is 0.110 e. The first-order valence-corrected chi connectivity index (χ1v) is 15.9. The van der Waals surface area contributed by atoms with Gasteiger partial charge in [0.2, 0.25) is 0 Å². The molecular weight excluding hydrogens is 568 g/mol. The maximum absolute atomic E-state index is 11.2. The van der Waals surface area contributed by atoms with Crippen LogP contribution < -0.4 is 0 Å². The molecule has 0 aliphatic heterocycles. The van der Waals surface area contributed by atoms with E-state index in [1.165, 1.54) is 0 Å². The topological polar surface area (TPSA) is 114 Å². The first kappa shape index (κ1) is 42.8. The van der Waals surface area contributed by atoms with Gasteiger partial charge in [-0.05, 0) is 72.6 Å². The van der Waals surface area contributed by atoms with E-state index in [9.17, 15) is 10.2 Å². The van der Waals surface area contributed by atoms with Crippen LogP contribution in [0, 0.1) is 0 Å². The van der Waals surface area contributed by atoms with Crippen LogP contribution in [-0.2, 0) is 49.1 Å². The van der Waals surface area contributed by atoms with Crippen molar-refractivity contribution in [1.29, 1.82) is 0 Å². The van der Waals surface area contributed by atoms with E-state index in [0.717, 1.165) is 0 Å². The summed E-state index contributed by atoms with van der Waals surface area (Å²) in [5.41, 5.74) is -1.28. The van der Waals surface area contributed by atoms with E-state index < -0.39 is 11.2 Å². The third-order valence-electron chi connectivity index (χ3n) is 6.67. The monoisotopic (exact) mass is 632 g/mol.